The smallest absolute Gasteiger partial charge is 0.0350 e. The van der Waals surface area contributed by atoms with Crippen molar-refractivity contribution in [2.24, 2.45) is 11.8 Å². The lowest BCUT2D eigenvalue weighted by atomic mass is 9.93. The molecule has 0 aromatic carbocycles. The van der Waals surface area contributed by atoms with E-state index >= 15 is 0 Å². The molecule has 0 atom stereocenters. The Bertz CT molecular complexity index is 348. The average Bonchev–Trinajstić information content (AvgIpc) is 2.45. The number of hydrogen-bond donors (Lipinski definition) is 1. The highest BCUT2D eigenvalue weighted by Crippen LogP contribution is 2.26. The van der Waals surface area contributed by atoms with Crippen molar-refractivity contribution < 1.29 is 0 Å². The molecule has 4 rings (SSSR count). The molecule has 0 amide bonds. The minimum Gasteiger partial charge on any atom is -0.316 e. The van der Waals surface area contributed by atoms with Gasteiger partial charge >= 0.3 is 0 Å². The fourth-order valence-electron chi connectivity index (χ4n) is 4.78. The van der Waals surface area contributed by atoms with Gasteiger partial charge < -0.3 is 10.2 Å². The predicted octanol–water partition coefficient (Wildman–Crippen LogP) is 1.09. The van der Waals surface area contributed by atoms with E-state index in [1.807, 2.05) is 0 Å². The van der Waals surface area contributed by atoms with Crippen LogP contribution in [-0.4, -0.2) is 85.7 Å². The lowest BCUT2D eigenvalue weighted by Crippen LogP contribution is -2.63. The standard InChI is InChI=1S/C18H34N4/c1-15-2-6-21(7-3-15)17-4-8-22(9-5-17)18-13-20(14-18)12-16-10-19-11-16/h15-19H,2-14H2,1H3. The molecule has 4 heterocycles. The first kappa shape index (κ1) is 15.4. The third kappa shape index (κ3) is 3.35. The molecule has 4 heteroatoms. The molecular weight excluding hydrogens is 272 g/mol. The topological polar surface area (TPSA) is 21.8 Å². The summed E-state index contributed by atoms with van der Waals surface area (Å²) in [6, 6.07) is 1.76. The van der Waals surface area contributed by atoms with Crippen LogP contribution < -0.4 is 5.32 Å². The maximum Gasteiger partial charge on any atom is 0.0350 e. The first-order valence-corrected chi connectivity index (χ1v) is 9.69. The van der Waals surface area contributed by atoms with E-state index in [-0.39, 0.29) is 0 Å². The molecule has 22 heavy (non-hydrogen) atoms. The van der Waals surface area contributed by atoms with Crippen molar-refractivity contribution in [2.45, 2.75) is 44.7 Å². The van der Waals surface area contributed by atoms with Gasteiger partial charge in [0.2, 0.25) is 0 Å². The van der Waals surface area contributed by atoms with E-state index in [0.29, 0.717) is 0 Å². The Morgan fingerprint density at radius 3 is 2.00 bits per heavy atom. The molecule has 4 aliphatic rings. The Morgan fingerprint density at radius 1 is 0.818 bits per heavy atom. The van der Waals surface area contributed by atoms with Gasteiger partial charge in [-0.25, -0.2) is 0 Å². The molecule has 0 aromatic rings. The Labute approximate surface area is 136 Å². The summed E-state index contributed by atoms with van der Waals surface area (Å²) in [5.41, 5.74) is 0. The van der Waals surface area contributed by atoms with Crippen molar-refractivity contribution in [1.29, 1.82) is 0 Å². The second-order valence-electron chi connectivity index (χ2n) is 8.38. The van der Waals surface area contributed by atoms with Crippen LogP contribution in [0.25, 0.3) is 0 Å². The zero-order valence-corrected chi connectivity index (χ0v) is 14.3. The molecule has 126 valence electrons. The number of rotatable bonds is 4. The number of nitrogens with one attached hydrogen (secondary N) is 1. The van der Waals surface area contributed by atoms with Gasteiger partial charge in [0, 0.05) is 57.9 Å². The summed E-state index contributed by atoms with van der Waals surface area (Å²) in [5.74, 6) is 1.90. The number of piperidine rings is 2. The Balaban J connectivity index is 1.15. The van der Waals surface area contributed by atoms with Crippen LogP contribution in [0.4, 0.5) is 0 Å². The fourth-order valence-corrected chi connectivity index (χ4v) is 4.78. The van der Waals surface area contributed by atoms with Crippen molar-refractivity contribution in [3.8, 4) is 0 Å². The van der Waals surface area contributed by atoms with Gasteiger partial charge in [0.25, 0.3) is 0 Å². The van der Waals surface area contributed by atoms with E-state index in [4.69, 9.17) is 0 Å². The maximum absolute atomic E-state index is 3.39. The van der Waals surface area contributed by atoms with Gasteiger partial charge in [-0.2, -0.15) is 0 Å². The summed E-state index contributed by atoms with van der Waals surface area (Å²) in [6.07, 6.45) is 5.68. The molecule has 0 bridgehead atoms. The number of nitrogens with zero attached hydrogens (tertiary/aromatic N) is 3. The van der Waals surface area contributed by atoms with E-state index in [0.717, 1.165) is 23.9 Å². The van der Waals surface area contributed by atoms with Crippen molar-refractivity contribution in [3.05, 3.63) is 0 Å². The number of likely N-dealkylation sites (tertiary alicyclic amines) is 3. The van der Waals surface area contributed by atoms with Crippen molar-refractivity contribution in [3.63, 3.8) is 0 Å². The molecule has 0 aromatic heterocycles. The third-order valence-electron chi connectivity index (χ3n) is 6.67. The molecule has 4 fully saturated rings. The van der Waals surface area contributed by atoms with E-state index in [9.17, 15) is 0 Å². The van der Waals surface area contributed by atoms with Crippen LogP contribution in [0.2, 0.25) is 0 Å². The SMILES string of the molecule is CC1CCN(C2CCN(C3CN(CC4CNC4)C3)CC2)CC1. The molecule has 0 spiro atoms. The molecule has 4 nitrogen and oxygen atoms in total. The van der Waals surface area contributed by atoms with Gasteiger partial charge in [0.15, 0.2) is 0 Å². The fraction of sp³-hybridized carbons (Fsp3) is 1.00. The van der Waals surface area contributed by atoms with Crippen LogP contribution >= 0.6 is 0 Å². The summed E-state index contributed by atoms with van der Waals surface area (Å²) >= 11 is 0. The quantitative estimate of drug-likeness (QED) is 0.839. The molecule has 0 aliphatic carbocycles. The normalized spacial score (nSPS) is 32.0. The molecule has 0 unspecified atom stereocenters. The predicted molar refractivity (Wildman–Crippen MR) is 91.2 cm³/mol. The van der Waals surface area contributed by atoms with Gasteiger partial charge in [0.05, 0.1) is 0 Å². The summed E-state index contributed by atoms with van der Waals surface area (Å²) in [5, 5.41) is 3.39. The highest BCUT2D eigenvalue weighted by Gasteiger charge is 2.36. The van der Waals surface area contributed by atoms with Crippen LogP contribution in [0.3, 0.4) is 0 Å². The maximum atomic E-state index is 3.39. The van der Waals surface area contributed by atoms with Crippen LogP contribution in [0.1, 0.15) is 32.6 Å². The average molecular weight is 306 g/mol. The van der Waals surface area contributed by atoms with E-state index in [2.05, 4.69) is 26.9 Å². The summed E-state index contributed by atoms with van der Waals surface area (Å²) < 4.78 is 0. The Morgan fingerprint density at radius 2 is 1.41 bits per heavy atom. The van der Waals surface area contributed by atoms with Crippen molar-refractivity contribution in [1.82, 2.24) is 20.0 Å². The molecule has 4 saturated heterocycles. The van der Waals surface area contributed by atoms with E-state index in [1.165, 1.54) is 84.6 Å². The van der Waals surface area contributed by atoms with E-state index < -0.39 is 0 Å². The summed E-state index contributed by atoms with van der Waals surface area (Å²) in [4.78, 5) is 8.26. The monoisotopic (exact) mass is 306 g/mol. The highest BCUT2D eigenvalue weighted by molar-refractivity contribution is 4.93. The molecule has 0 saturated carbocycles. The van der Waals surface area contributed by atoms with Gasteiger partial charge in [0.1, 0.15) is 0 Å². The minimum atomic E-state index is 0.871. The lowest BCUT2D eigenvalue weighted by molar-refractivity contribution is -0.00853. The number of hydrogen-bond acceptors (Lipinski definition) is 4. The Kier molecular flexibility index (Phi) is 4.72. The van der Waals surface area contributed by atoms with Crippen LogP contribution in [0.5, 0.6) is 0 Å². The zero-order chi connectivity index (χ0) is 14.9. The summed E-state index contributed by atoms with van der Waals surface area (Å²) in [7, 11) is 0. The third-order valence-corrected chi connectivity index (χ3v) is 6.67. The minimum absolute atomic E-state index is 0.871. The lowest BCUT2D eigenvalue weighted by Gasteiger charge is -2.50. The van der Waals surface area contributed by atoms with Gasteiger partial charge in [-0.3, -0.25) is 9.80 Å². The van der Waals surface area contributed by atoms with Gasteiger partial charge in [-0.15, -0.1) is 0 Å². The molecule has 0 radical (unpaired) electrons. The van der Waals surface area contributed by atoms with Crippen LogP contribution in [0, 0.1) is 11.8 Å². The first-order chi connectivity index (χ1) is 10.8. The van der Waals surface area contributed by atoms with Crippen LogP contribution in [0.15, 0.2) is 0 Å². The largest absolute Gasteiger partial charge is 0.316 e. The molecule has 4 aliphatic heterocycles. The van der Waals surface area contributed by atoms with Crippen molar-refractivity contribution in [2.75, 3.05) is 58.9 Å². The molecule has 1 N–H and O–H groups in total. The second-order valence-corrected chi connectivity index (χ2v) is 8.38. The van der Waals surface area contributed by atoms with Gasteiger partial charge in [-0.05, 0) is 50.6 Å². The first-order valence-electron chi connectivity index (χ1n) is 9.69. The zero-order valence-electron chi connectivity index (χ0n) is 14.3. The van der Waals surface area contributed by atoms with Crippen LogP contribution in [-0.2, 0) is 0 Å². The summed E-state index contributed by atoms with van der Waals surface area (Å²) in [6.45, 7) is 14.3. The van der Waals surface area contributed by atoms with Crippen molar-refractivity contribution >= 4 is 0 Å². The van der Waals surface area contributed by atoms with Gasteiger partial charge in [-0.1, -0.05) is 6.92 Å². The van der Waals surface area contributed by atoms with E-state index in [1.54, 1.807) is 0 Å². The molecular formula is C18H34N4. The second kappa shape index (κ2) is 6.76. The Hall–Kier alpha value is -0.160. The highest BCUT2D eigenvalue weighted by atomic mass is 15.3.